The molecule has 4 heteroatoms. The maximum Gasteiger partial charge on any atom is 0.338 e. The lowest BCUT2D eigenvalue weighted by Gasteiger charge is -2.14. The normalized spacial score (nSPS) is 12.5. The largest absolute Gasteiger partial charge is 0.459 e. The molecule has 1 aromatic rings. The highest BCUT2D eigenvalue weighted by molar-refractivity contribution is 5.89. The number of aliphatic hydroxyl groups excluding tert-OH is 1. The van der Waals surface area contributed by atoms with Gasteiger partial charge in [-0.05, 0) is 19.1 Å². The number of hydrogen-bond acceptors (Lipinski definition) is 4. The first-order valence-corrected chi connectivity index (χ1v) is 6.14. The molecule has 0 radical (unpaired) electrons. The van der Waals surface area contributed by atoms with Gasteiger partial charge in [-0.15, -0.1) is 0 Å². The third-order valence-corrected chi connectivity index (χ3v) is 2.42. The number of carbonyl (C=O) groups is 1. The Morgan fingerprint density at radius 3 is 2.78 bits per heavy atom. The minimum Gasteiger partial charge on any atom is -0.459 e. The quantitative estimate of drug-likeness (QED) is 0.752. The van der Waals surface area contributed by atoms with Crippen molar-refractivity contribution in [1.82, 2.24) is 5.32 Å². The predicted octanol–water partition coefficient (Wildman–Crippen LogP) is 1.51. The number of aliphatic hydroxyl groups is 1. The van der Waals surface area contributed by atoms with E-state index < -0.39 is 12.1 Å². The van der Waals surface area contributed by atoms with Crippen molar-refractivity contribution in [3.05, 3.63) is 35.4 Å². The summed E-state index contributed by atoms with van der Waals surface area (Å²) < 4.78 is 5.05. The van der Waals surface area contributed by atoms with Gasteiger partial charge in [0.1, 0.15) is 12.7 Å². The van der Waals surface area contributed by atoms with Crippen LogP contribution in [0.15, 0.2) is 24.3 Å². The maximum absolute atomic E-state index is 11.7. The molecular formula is C14H21NO3. The van der Waals surface area contributed by atoms with Gasteiger partial charge in [0.25, 0.3) is 0 Å². The van der Waals surface area contributed by atoms with Crippen LogP contribution in [0.25, 0.3) is 0 Å². The van der Waals surface area contributed by atoms with Crippen LogP contribution in [-0.2, 0) is 4.74 Å². The first-order chi connectivity index (χ1) is 8.49. The van der Waals surface area contributed by atoms with E-state index in [2.05, 4.69) is 5.32 Å². The van der Waals surface area contributed by atoms with Gasteiger partial charge >= 0.3 is 5.97 Å². The number of ether oxygens (including phenoxy) is 1. The van der Waals surface area contributed by atoms with E-state index in [0.717, 1.165) is 5.56 Å². The fourth-order valence-corrected chi connectivity index (χ4v) is 1.46. The molecule has 2 N–H and O–H groups in total. The number of nitrogens with one attached hydrogen (secondary N) is 1. The fourth-order valence-electron chi connectivity index (χ4n) is 1.46. The number of aryl methyl sites for hydroxylation is 1. The summed E-state index contributed by atoms with van der Waals surface area (Å²) in [6.45, 7) is 6.32. The van der Waals surface area contributed by atoms with Crippen LogP contribution in [0.1, 0.15) is 29.8 Å². The summed E-state index contributed by atoms with van der Waals surface area (Å²) in [5, 5.41) is 12.7. The van der Waals surface area contributed by atoms with Gasteiger partial charge in [0.2, 0.25) is 0 Å². The van der Waals surface area contributed by atoms with E-state index in [9.17, 15) is 9.90 Å². The van der Waals surface area contributed by atoms with E-state index >= 15 is 0 Å². The molecule has 0 aliphatic heterocycles. The Kier molecular flexibility index (Phi) is 5.82. The summed E-state index contributed by atoms with van der Waals surface area (Å²) in [7, 11) is 0. The van der Waals surface area contributed by atoms with Crippen molar-refractivity contribution in [2.75, 3.05) is 13.2 Å². The molecule has 0 spiro atoms. The van der Waals surface area contributed by atoms with Crippen LogP contribution >= 0.6 is 0 Å². The Hall–Kier alpha value is -1.39. The molecule has 0 aliphatic rings. The molecule has 4 nitrogen and oxygen atoms in total. The summed E-state index contributed by atoms with van der Waals surface area (Å²) in [4.78, 5) is 11.7. The molecule has 0 fully saturated rings. The van der Waals surface area contributed by atoms with Crippen LogP contribution in [0.4, 0.5) is 0 Å². The van der Waals surface area contributed by atoms with Crippen LogP contribution in [0, 0.1) is 6.92 Å². The number of rotatable bonds is 6. The van der Waals surface area contributed by atoms with Gasteiger partial charge in [0.15, 0.2) is 0 Å². The first-order valence-electron chi connectivity index (χ1n) is 6.14. The molecule has 0 aliphatic carbocycles. The van der Waals surface area contributed by atoms with E-state index in [1.54, 1.807) is 12.1 Å². The van der Waals surface area contributed by atoms with Gasteiger partial charge in [-0.25, -0.2) is 4.79 Å². The van der Waals surface area contributed by atoms with E-state index in [4.69, 9.17) is 4.74 Å². The monoisotopic (exact) mass is 251 g/mol. The summed E-state index contributed by atoms with van der Waals surface area (Å²) in [5.41, 5.74) is 1.52. The SMILES string of the molecule is Cc1cccc(C(=O)OCC(O)CNC(C)C)c1. The molecule has 0 bridgehead atoms. The average molecular weight is 251 g/mol. The number of hydrogen-bond donors (Lipinski definition) is 2. The standard InChI is InChI=1S/C14H21NO3/c1-10(2)15-8-13(16)9-18-14(17)12-6-4-5-11(3)7-12/h4-7,10,13,15-16H,8-9H2,1-3H3. The number of carbonyl (C=O) groups excluding carboxylic acids is 1. The lowest BCUT2D eigenvalue weighted by atomic mass is 10.1. The van der Waals surface area contributed by atoms with Crippen molar-refractivity contribution in [3.8, 4) is 0 Å². The van der Waals surface area contributed by atoms with Crippen molar-refractivity contribution >= 4 is 5.97 Å². The molecule has 0 heterocycles. The van der Waals surface area contributed by atoms with E-state index in [-0.39, 0.29) is 6.61 Å². The zero-order chi connectivity index (χ0) is 13.5. The second-order valence-corrected chi connectivity index (χ2v) is 4.68. The summed E-state index contributed by atoms with van der Waals surface area (Å²) in [6.07, 6.45) is -0.679. The van der Waals surface area contributed by atoms with Crippen molar-refractivity contribution < 1.29 is 14.6 Å². The second-order valence-electron chi connectivity index (χ2n) is 4.68. The Bertz CT molecular complexity index is 390. The Balaban J connectivity index is 2.37. The van der Waals surface area contributed by atoms with Crippen molar-refractivity contribution in [2.24, 2.45) is 0 Å². The van der Waals surface area contributed by atoms with Crippen molar-refractivity contribution in [1.29, 1.82) is 0 Å². The van der Waals surface area contributed by atoms with Crippen LogP contribution in [0.5, 0.6) is 0 Å². The Labute approximate surface area is 108 Å². The van der Waals surface area contributed by atoms with Crippen LogP contribution < -0.4 is 5.32 Å². The highest BCUT2D eigenvalue weighted by atomic mass is 16.5. The van der Waals surface area contributed by atoms with E-state index in [1.165, 1.54) is 0 Å². The van der Waals surface area contributed by atoms with Crippen LogP contribution in [0.3, 0.4) is 0 Å². The number of benzene rings is 1. The van der Waals surface area contributed by atoms with Gasteiger partial charge in [-0.2, -0.15) is 0 Å². The highest BCUT2D eigenvalue weighted by Gasteiger charge is 2.11. The maximum atomic E-state index is 11.7. The summed E-state index contributed by atoms with van der Waals surface area (Å²) in [5.74, 6) is -0.401. The minimum atomic E-state index is -0.679. The summed E-state index contributed by atoms with van der Waals surface area (Å²) >= 11 is 0. The minimum absolute atomic E-state index is 0.00644. The van der Waals surface area contributed by atoms with Gasteiger partial charge in [-0.1, -0.05) is 31.5 Å². The van der Waals surface area contributed by atoms with Gasteiger partial charge in [-0.3, -0.25) is 0 Å². The third-order valence-electron chi connectivity index (χ3n) is 2.42. The van der Waals surface area contributed by atoms with E-state index in [1.807, 2.05) is 32.9 Å². The smallest absolute Gasteiger partial charge is 0.338 e. The first kappa shape index (κ1) is 14.7. The van der Waals surface area contributed by atoms with Gasteiger partial charge in [0.05, 0.1) is 5.56 Å². The van der Waals surface area contributed by atoms with Crippen molar-refractivity contribution in [2.45, 2.75) is 32.9 Å². The lowest BCUT2D eigenvalue weighted by Crippen LogP contribution is -2.35. The fraction of sp³-hybridized carbons (Fsp3) is 0.500. The van der Waals surface area contributed by atoms with E-state index in [0.29, 0.717) is 18.2 Å². The molecule has 0 saturated carbocycles. The molecule has 1 rings (SSSR count). The molecule has 1 aromatic carbocycles. The Morgan fingerprint density at radius 2 is 2.17 bits per heavy atom. The number of esters is 1. The molecule has 1 unspecified atom stereocenters. The molecule has 100 valence electrons. The Morgan fingerprint density at radius 1 is 1.44 bits per heavy atom. The molecule has 18 heavy (non-hydrogen) atoms. The average Bonchev–Trinajstić information content (AvgIpc) is 2.33. The van der Waals surface area contributed by atoms with Crippen LogP contribution in [0.2, 0.25) is 0 Å². The highest BCUT2D eigenvalue weighted by Crippen LogP contribution is 2.05. The molecule has 0 amide bonds. The van der Waals surface area contributed by atoms with Gasteiger partial charge in [0, 0.05) is 12.6 Å². The molecule has 0 saturated heterocycles. The topological polar surface area (TPSA) is 58.6 Å². The molecule has 0 aromatic heterocycles. The zero-order valence-corrected chi connectivity index (χ0v) is 11.1. The summed E-state index contributed by atoms with van der Waals surface area (Å²) in [6, 6.07) is 7.49. The molecular weight excluding hydrogens is 230 g/mol. The van der Waals surface area contributed by atoms with Crippen molar-refractivity contribution in [3.63, 3.8) is 0 Å². The van der Waals surface area contributed by atoms with Gasteiger partial charge < -0.3 is 15.2 Å². The predicted molar refractivity (Wildman–Crippen MR) is 70.6 cm³/mol. The van der Waals surface area contributed by atoms with Crippen LogP contribution in [-0.4, -0.2) is 36.4 Å². The zero-order valence-electron chi connectivity index (χ0n) is 11.1. The third kappa shape index (κ3) is 5.29. The second kappa shape index (κ2) is 7.13. The molecule has 1 atom stereocenters. The lowest BCUT2D eigenvalue weighted by molar-refractivity contribution is 0.0256.